The van der Waals surface area contributed by atoms with Crippen molar-refractivity contribution in [2.45, 2.75) is 40.5 Å². The van der Waals surface area contributed by atoms with E-state index in [1.165, 1.54) is 23.8 Å². The Morgan fingerprint density at radius 3 is 2.42 bits per heavy atom. The Morgan fingerprint density at radius 2 is 1.81 bits per heavy atom. The molecule has 2 rings (SSSR count). The molecule has 1 aromatic heterocycles. The molecule has 0 unspecified atom stereocenters. The van der Waals surface area contributed by atoms with Gasteiger partial charge in [0.15, 0.2) is 5.43 Å². The van der Waals surface area contributed by atoms with Gasteiger partial charge in [-0.1, -0.05) is 51.4 Å². The molecule has 2 aromatic rings. The SMILES string of the molecule is COc1oc(CC/C(C)=C/C(C)=C/c2ccc(Br)cc2)c(C)c(=O)c1C. The minimum absolute atomic E-state index is 0.00366. The van der Waals surface area contributed by atoms with Gasteiger partial charge in [-0.15, -0.1) is 0 Å². The van der Waals surface area contributed by atoms with Crippen LogP contribution in [0.4, 0.5) is 0 Å². The minimum atomic E-state index is -0.00366. The fourth-order valence-electron chi connectivity index (χ4n) is 2.83. The van der Waals surface area contributed by atoms with Crippen LogP contribution < -0.4 is 10.2 Å². The highest BCUT2D eigenvalue weighted by atomic mass is 79.9. The molecule has 4 heteroatoms. The number of hydrogen-bond donors (Lipinski definition) is 0. The third kappa shape index (κ3) is 5.21. The van der Waals surface area contributed by atoms with Crippen LogP contribution in [0.25, 0.3) is 6.08 Å². The van der Waals surface area contributed by atoms with Gasteiger partial charge in [0.05, 0.1) is 12.7 Å². The van der Waals surface area contributed by atoms with E-state index in [0.717, 1.165) is 10.9 Å². The summed E-state index contributed by atoms with van der Waals surface area (Å²) in [5.41, 5.74) is 4.77. The normalized spacial score (nSPS) is 12.4. The van der Waals surface area contributed by atoms with E-state index in [1.54, 1.807) is 6.92 Å². The molecule has 0 spiro atoms. The number of rotatable bonds is 6. The Labute approximate surface area is 163 Å². The van der Waals surface area contributed by atoms with Crippen molar-refractivity contribution in [3.05, 3.63) is 78.6 Å². The summed E-state index contributed by atoms with van der Waals surface area (Å²) in [6, 6.07) is 8.22. The van der Waals surface area contributed by atoms with Crippen LogP contribution in [0.2, 0.25) is 0 Å². The first kappa shape index (κ1) is 20.2. The summed E-state index contributed by atoms with van der Waals surface area (Å²) >= 11 is 3.45. The number of halogens is 1. The van der Waals surface area contributed by atoms with Gasteiger partial charge in [-0.25, -0.2) is 0 Å². The Kier molecular flexibility index (Phi) is 7.04. The quantitative estimate of drug-likeness (QED) is 0.541. The highest BCUT2D eigenvalue weighted by molar-refractivity contribution is 9.10. The average Bonchev–Trinajstić information content (AvgIpc) is 2.61. The van der Waals surface area contributed by atoms with Crippen molar-refractivity contribution in [1.82, 2.24) is 0 Å². The summed E-state index contributed by atoms with van der Waals surface area (Å²) in [6.07, 6.45) is 5.81. The van der Waals surface area contributed by atoms with E-state index in [2.05, 4.69) is 54.1 Å². The Morgan fingerprint density at radius 1 is 1.15 bits per heavy atom. The van der Waals surface area contributed by atoms with E-state index in [1.807, 2.05) is 19.1 Å². The van der Waals surface area contributed by atoms with Crippen molar-refractivity contribution in [2.24, 2.45) is 0 Å². The van der Waals surface area contributed by atoms with E-state index < -0.39 is 0 Å². The molecule has 0 aliphatic carbocycles. The lowest BCUT2D eigenvalue weighted by Crippen LogP contribution is -2.13. The second-order valence-corrected chi connectivity index (χ2v) is 7.44. The monoisotopic (exact) mass is 416 g/mol. The van der Waals surface area contributed by atoms with Gasteiger partial charge in [-0.05, 0) is 51.8 Å². The lowest BCUT2D eigenvalue weighted by molar-refractivity contribution is 0.279. The smallest absolute Gasteiger partial charge is 0.291 e. The predicted octanol–water partition coefficient (Wildman–Crippen LogP) is 6.01. The number of ether oxygens (including phenoxy) is 1. The van der Waals surface area contributed by atoms with Crippen LogP contribution >= 0.6 is 15.9 Å². The highest BCUT2D eigenvalue weighted by Gasteiger charge is 2.13. The maximum absolute atomic E-state index is 12.3. The van der Waals surface area contributed by atoms with Gasteiger partial charge in [0.25, 0.3) is 5.95 Å². The van der Waals surface area contributed by atoms with E-state index in [9.17, 15) is 4.79 Å². The van der Waals surface area contributed by atoms with E-state index in [4.69, 9.17) is 9.15 Å². The average molecular weight is 417 g/mol. The van der Waals surface area contributed by atoms with E-state index in [-0.39, 0.29) is 5.43 Å². The fraction of sp³-hybridized carbons (Fsp3) is 0.318. The summed E-state index contributed by atoms with van der Waals surface area (Å²) in [4.78, 5) is 12.3. The molecule has 0 fully saturated rings. The molecule has 0 aliphatic rings. The van der Waals surface area contributed by atoms with Crippen LogP contribution in [0.15, 0.2) is 55.2 Å². The van der Waals surface area contributed by atoms with Gasteiger partial charge < -0.3 is 9.15 Å². The summed E-state index contributed by atoms with van der Waals surface area (Å²) in [6.45, 7) is 7.72. The molecule has 0 bridgehead atoms. The van der Waals surface area contributed by atoms with Crippen LogP contribution in [-0.2, 0) is 6.42 Å². The van der Waals surface area contributed by atoms with E-state index in [0.29, 0.717) is 29.3 Å². The number of hydrogen-bond acceptors (Lipinski definition) is 3. The zero-order valence-corrected chi connectivity index (χ0v) is 17.6. The Balaban J connectivity index is 2.11. The third-order valence-electron chi connectivity index (χ3n) is 4.29. The molecule has 138 valence electrons. The number of methoxy groups -OCH3 is 1. The van der Waals surface area contributed by atoms with Crippen molar-refractivity contribution in [1.29, 1.82) is 0 Å². The first-order valence-corrected chi connectivity index (χ1v) is 9.39. The molecule has 0 N–H and O–H groups in total. The zero-order chi connectivity index (χ0) is 19.3. The molecule has 0 atom stereocenters. The predicted molar refractivity (Wildman–Crippen MR) is 111 cm³/mol. The topological polar surface area (TPSA) is 39.4 Å². The molecule has 0 saturated heterocycles. The van der Waals surface area contributed by atoms with Crippen LogP contribution in [0.5, 0.6) is 5.95 Å². The van der Waals surface area contributed by atoms with Crippen LogP contribution in [0.3, 0.4) is 0 Å². The Bertz CT molecular complexity index is 887. The molecule has 1 aromatic carbocycles. The van der Waals surface area contributed by atoms with Crippen molar-refractivity contribution >= 4 is 22.0 Å². The standard InChI is InChI=1S/C22H25BrO3/c1-14(12-15(2)13-18-7-9-19(23)10-8-18)6-11-20-16(3)21(24)17(4)22(25-5)26-20/h7-10,12-13H,6,11H2,1-5H3/b14-12+,15-13+. The number of allylic oxidation sites excluding steroid dienone is 3. The largest absolute Gasteiger partial charge is 0.468 e. The molecule has 26 heavy (non-hydrogen) atoms. The van der Waals surface area contributed by atoms with Crippen molar-refractivity contribution in [3.8, 4) is 5.95 Å². The summed E-state index contributed by atoms with van der Waals surface area (Å²) in [5.74, 6) is 1.00. The highest BCUT2D eigenvalue weighted by Crippen LogP contribution is 2.21. The van der Waals surface area contributed by atoms with Crippen LogP contribution in [-0.4, -0.2) is 7.11 Å². The van der Waals surface area contributed by atoms with Gasteiger partial charge in [-0.2, -0.15) is 0 Å². The third-order valence-corrected chi connectivity index (χ3v) is 4.82. The summed E-state index contributed by atoms with van der Waals surface area (Å²) in [5, 5.41) is 0. The van der Waals surface area contributed by atoms with Gasteiger partial charge in [0.1, 0.15) is 5.76 Å². The summed E-state index contributed by atoms with van der Waals surface area (Å²) in [7, 11) is 1.52. The molecular weight excluding hydrogens is 392 g/mol. The second-order valence-electron chi connectivity index (χ2n) is 6.53. The van der Waals surface area contributed by atoms with Crippen LogP contribution in [0.1, 0.15) is 42.7 Å². The Hall–Kier alpha value is -2.07. The van der Waals surface area contributed by atoms with Crippen molar-refractivity contribution < 1.29 is 9.15 Å². The number of aryl methyl sites for hydroxylation is 1. The molecule has 0 aliphatic heterocycles. The molecule has 0 radical (unpaired) electrons. The lowest BCUT2D eigenvalue weighted by Gasteiger charge is -2.09. The second kappa shape index (κ2) is 9.04. The van der Waals surface area contributed by atoms with Gasteiger partial charge in [-0.3, -0.25) is 4.79 Å². The molecule has 0 amide bonds. The molecule has 1 heterocycles. The van der Waals surface area contributed by atoms with Gasteiger partial charge in [0.2, 0.25) is 0 Å². The maximum Gasteiger partial charge on any atom is 0.291 e. The molecule has 3 nitrogen and oxygen atoms in total. The van der Waals surface area contributed by atoms with Crippen LogP contribution in [0, 0.1) is 13.8 Å². The van der Waals surface area contributed by atoms with Crippen molar-refractivity contribution in [3.63, 3.8) is 0 Å². The fourth-order valence-corrected chi connectivity index (χ4v) is 3.10. The minimum Gasteiger partial charge on any atom is -0.468 e. The van der Waals surface area contributed by atoms with E-state index >= 15 is 0 Å². The lowest BCUT2D eigenvalue weighted by atomic mass is 10.0. The molecule has 0 saturated carbocycles. The zero-order valence-electron chi connectivity index (χ0n) is 16.0. The summed E-state index contributed by atoms with van der Waals surface area (Å²) < 4.78 is 12.0. The first-order chi connectivity index (χ1) is 12.3. The van der Waals surface area contributed by atoms with Gasteiger partial charge >= 0.3 is 0 Å². The van der Waals surface area contributed by atoms with Crippen molar-refractivity contribution in [2.75, 3.05) is 7.11 Å². The maximum atomic E-state index is 12.3. The molecular formula is C22H25BrO3. The van der Waals surface area contributed by atoms with Gasteiger partial charge in [0, 0.05) is 16.5 Å². The first-order valence-electron chi connectivity index (χ1n) is 8.60. The number of benzene rings is 1.